The number of urea groups is 1. The Hall–Kier alpha value is -4.13. The standard InChI is InChI=1S/C26H25N3O4/c1-3-33-25(31)21-6-4-5-7-22(21)28-26(32)27-20-13-12-18-14-15-29(23(18)16-20)24(30)19-10-8-17(2)9-11-19/h4-13,16H,3,14-15H2,1-2H3,(H2,27,28,32). The Bertz CT molecular complexity index is 1200. The minimum absolute atomic E-state index is 0.0706. The number of nitrogens with zero attached hydrogens (tertiary/aromatic N) is 1. The van der Waals surface area contributed by atoms with Gasteiger partial charge in [-0.25, -0.2) is 9.59 Å². The Labute approximate surface area is 192 Å². The molecule has 1 aliphatic rings. The van der Waals surface area contributed by atoms with Crippen LogP contribution in [0.4, 0.5) is 21.9 Å². The molecular weight excluding hydrogens is 418 g/mol. The maximum absolute atomic E-state index is 13.0. The molecule has 1 heterocycles. The second-order valence-electron chi connectivity index (χ2n) is 7.76. The van der Waals surface area contributed by atoms with E-state index in [0.717, 1.165) is 23.2 Å². The highest BCUT2D eigenvalue weighted by atomic mass is 16.5. The van der Waals surface area contributed by atoms with Gasteiger partial charge in [0, 0.05) is 23.5 Å². The van der Waals surface area contributed by atoms with Gasteiger partial charge < -0.3 is 20.3 Å². The lowest BCUT2D eigenvalue weighted by Crippen LogP contribution is -2.29. The van der Waals surface area contributed by atoms with Crippen molar-refractivity contribution in [2.75, 3.05) is 28.7 Å². The van der Waals surface area contributed by atoms with Gasteiger partial charge in [-0.05, 0) is 62.2 Å². The average Bonchev–Trinajstić information content (AvgIpc) is 3.23. The van der Waals surface area contributed by atoms with Crippen LogP contribution in [-0.2, 0) is 11.2 Å². The Balaban J connectivity index is 1.49. The number of anilines is 3. The van der Waals surface area contributed by atoms with Gasteiger partial charge in [-0.2, -0.15) is 0 Å². The highest BCUT2D eigenvalue weighted by Crippen LogP contribution is 2.32. The lowest BCUT2D eigenvalue weighted by atomic mass is 10.1. The van der Waals surface area contributed by atoms with E-state index in [1.54, 1.807) is 48.2 Å². The van der Waals surface area contributed by atoms with Gasteiger partial charge in [-0.15, -0.1) is 0 Å². The quantitative estimate of drug-likeness (QED) is 0.542. The van der Waals surface area contributed by atoms with Gasteiger partial charge in [-0.3, -0.25) is 4.79 Å². The largest absolute Gasteiger partial charge is 0.462 e. The minimum atomic E-state index is -0.504. The summed E-state index contributed by atoms with van der Waals surface area (Å²) in [4.78, 5) is 39.5. The topological polar surface area (TPSA) is 87.7 Å². The molecule has 0 saturated heterocycles. The van der Waals surface area contributed by atoms with Gasteiger partial charge in [0.2, 0.25) is 0 Å². The molecule has 0 fully saturated rings. The second kappa shape index (κ2) is 9.56. The van der Waals surface area contributed by atoms with Crippen LogP contribution in [0.3, 0.4) is 0 Å². The number of para-hydroxylation sites is 1. The summed E-state index contributed by atoms with van der Waals surface area (Å²) >= 11 is 0. The predicted octanol–water partition coefficient (Wildman–Crippen LogP) is 5.02. The van der Waals surface area contributed by atoms with E-state index in [9.17, 15) is 14.4 Å². The number of benzene rings is 3. The molecule has 0 saturated carbocycles. The molecule has 3 amide bonds. The highest BCUT2D eigenvalue weighted by molar-refractivity contribution is 6.08. The van der Waals surface area contributed by atoms with E-state index in [1.165, 1.54) is 0 Å². The molecule has 7 nitrogen and oxygen atoms in total. The van der Waals surface area contributed by atoms with Crippen molar-refractivity contribution in [2.45, 2.75) is 20.3 Å². The normalized spacial score (nSPS) is 12.1. The number of carbonyl (C=O) groups excluding carboxylic acids is 3. The summed E-state index contributed by atoms with van der Waals surface area (Å²) in [6.45, 7) is 4.53. The zero-order chi connectivity index (χ0) is 23.4. The van der Waals surface area contributed by atoms with Gasteiger partial charge in [-0.1, -0.05) is 35.9 Å². The molecule has 0 bridgehead atoms. The average molecular weight is 444 g/mol. The van der Waals surface area contributed by atoms with Crippen LogP contribution >= 0.6 is 0 Å². The summed E-state index contributed by atoms with van der Waals surface area (Å²) < 4.78 is 5.05. The van der Waals surface area contributed by atoms with E-state index >= 15 is 0 Å². The molecule has 33 heavy (non-hydrogen) atoms. The number of esters is 1. The molecular formula is C26H25N3O4. The molecule has 7 heteroatoms. The molecule has 1 aliphatic heterocycles. The van der Waals surface area contributed by atoms with E-state index in [2.05, 4.69) is 10.6 Å². The molecule has 3 aromatic carbocycles. The molecule has 0 spiro atoms. The monoisotopic (exact) mass is 443 g/mol. The van der Waals surface area contributed by atoms with Crippen molar-refractivity contribution in [1.29, 1.82) is 0 Å². The zero-order valence-electron chi connectivity index (χ0n) is 18.6. The van der Waals surface area contributed by atoms with Gasteiger partial charge in [0.15, 0.2) is 0 Å². The Kier molecular flexibility index (Phi) is 6.40. The molecule has 0 unspecified atom stereocenters. The fraction of sp³-hybridized carbons (Fsp3) is 0.192. The lowest BCUT2D eigenvalue weighted by Gasteiger charge is -2.18. The number of amides is 3. The second-order valence-corrected chi connectivity index (χ2v) is 7.76. The molecule has 0 aliphatic carbocycles. The van der Waals surface area contributed by atoms with E-state index in [0.29, 0.717) is 23.5 Å². The molecule has 4 rings (SSSR count). The van der Waals surface area contributed by atoms with Crippen LogP contribution in [0.15, 0.2) is 66.7 Å². The minimum Gasteiger partial charge on any atom is -0.462 e. The van der Waals surface area contributed by atoms with Crippen LogP contribution in [0.25, 0.3) is 0 Å². The van der Waals surface area contributed by atoms with E-state index in [4.69, 9.17) is 4.74 Å². The molecule has 0 radical (unpaired) electrons. The van der Waals surface area contributed by atoms with E-state index in [-0.39, 0.29) is 18.1 Å². The first-order chi connectivity index (χ1) is 16.0. The summed E-state index contributed by atoms with van der Waals surface area (Å²) in [6.07, 6.45) is 0.756. The van der Waals surface area contributed by atoms with Gasteiger partial charge in [0.1, 0.15) is 0 Å². The third-order valence-corrected chi connectivity index (χ3v) is 5.45. The SMILES string of the molecule is CCOC(=O)c1ccccc1NC(=O)Nc1ccc2c(c1)N(C(=O)c1ccc(C)cc1)CC2. The fourth-order valence-electron chi connectivity index (χ4n) is 3.78. The first-order valence-corrected chi connectivity index (χ1v) is 10.8. The van der Waals surface area contributed by atoms with Crippen molar-refractivity contribution >= 4 is 35.0 Å². The molecule has 2 N–H and O–H groups in total. The van der Waals surface area contributed by atoms with Crippen LogP contribution in [0.5, 0.6) is 0 Å². The third-order valence-electron chi connectivity index (χ3n) is 5.45. The number of ether oxygens (including phenoxy) is 1. The van der Waals surface area contributed by atoms with Crippen molar-refractivity contribution < 1.29 is 19.1 Å². The Morgan fingerprint density at radius 1 is 0.970 bits per heavy atom. The van der Waals surface area contributed by atoms with Crippen molar-refractivity contribution in [3.8, 4) is 0 Å². The number of hydrogen-bond donors (Lipinski definition) is 2. The maximum Gasteiger partial charge on any atom is 0.340 e. The molecule has 168 valence electrons. The smallest absolute Gasteiger partial charge is 0.340 e. The first-order valence-electron chi connectivity index (χ1n) is 10.8. The van der Waals surface area contributed by atoms with Crippen LogP contribution in [0.1, 0.15) is 38.8 Å². The van der Waals surface area contributed by atoms with Crippen molar-refractivity contribution in [2.24, 2.45) is 0 Å². The van der Waals surface area contributed by atoms with Crippen molar-refractivity contribution in [3.63, 3.8) is 0 Å². The van der Waals surface area contributed by atoms with Gasteiger partial charge in [0.05, 0.1) is 17.9 Å². The first kappa shape index (κ1) is 22.1. The summed E-state index contributed by atoms with van der Waals surface area (Å²) in [5.41, 5.74) is 4.72. The maximum atomic E-state index is 13.0. The fourth-order valence-corrected chi connectivity index (χ4v) is 3.78. The molecule has 0 atom stereocenters. The lowest BCUT2D eigenvalue weighted by molar-refractivity contribution is 0.0527. The number of rotatable bonds is 5. The summed E-state index contributed by atoms with van der Waals surface area (Å²) in [5, 5.41) is 5.48. The van der Waals surface area contributed by atoms with Crippen LogP contribution in [0.2, 0.25) is 0 Å². The number of carbonyl (C=O) groups is 3. The van der Waals surface area contributed by atoms with E-state index < -0.39 is 12.0 Å². The predicted molar refractivity (Wildman–Crippen MR) is 128 cm³/mol. The summed E-state index contributed by atoms with van der Waals surface area (Å²) in [7, 11) is 0. The van der Waals surface area contributed by atoms with Crippen LogP contribution in [0, 0.1) is 6.92 Å². The number of aryl methyl sites for hydroxylation is 1. The summed E-state index contributed by atoms with van der Waals surface area (Å²) in [6, 6.07) is 19.2. The molecule has 3 aromatic rings. The van der Waals surface area contributed by atoms with Crippen molar-refractivity contribution in [3.05, 3.63) is 89.0 Å². The van der Waals surface area contributed by atoms with Crippen LogP contribution < -0.4 is 15.5 Å². The number of nitrogens with one attached hydrogen (secondary N) is 2. The molecule has 0 aromatic heterocycles. The van der Waals surface area contributed by atoms with Gasteiger partial charge >= 0.3 is 12.0 Å². The van der Waals surface area contributed by atoms with Crippen molar-refractivity contribution in [1.82, 2.24) is 0 Å². The Morgan fingerprint density at radius 2 is 1.73 bits per heavy atom. The highest BCUT2D eigenvalue weighted by Gasteiger charge is 2.26. The van der Waals surface area contributed by atoms with E-state index in [1.807, 2.05) is 37.3 Å². The summed E-state index contributed by atoms with van der Waals surface area (Å²) in [5.74, 6) is -0.574. The number of hydrogen-bond acceptors (Lipinski definition) is 4. The Morgan fingerprint density at radius 3 is 2.48 bits per heavy atom. The van der Waals surface area contributed by atoms with Crippen LogP contribution in [-0.4, -0.2) is 31.1 Å². The zero-order valence-corrected chi connectivity index (χ0v) is 18.6. The third kappa shape index (κ3) is 4.87. The van der Waals surface area contributed by atoms with Gasteiger partial charge in [0.25, 0.3) is 5.91 Å². The number of fused-ring (bicyclic) bond motifs is 1.